The molecule has 27 heavy (non-hydrogen) atoms. The minimum atomic E-state index is -3.98. The van der Waals surface area contributed by atoms with Crippen LogP contribution in [-0.4, -0.2) is 25.1 Å². The molecule has 0 fully saturated rings. The maximum absolute atomic E-state index is 13.4. The molecule has 0 aliphatic carbocycles. The van der Waals surface area contributed by atoms with Gasteiger partial charge in [0.15, 0.2) is 0 Å². The van der Waals surface area contributed by atoms with Gasteiger partial charge in [0.1, 0.15) is 23.4 Å². The van der Waals surface area contributed by atoms with E-state index in [4.69, 9.17) is 4.74 Å². The molecule has 0 amide bonds. The minimum absolute atomic E-state index is 0.0639. The molecule has 1 atom stereocenters. The zero-order chi connectivity index (χ0) is 19.6. The summed E-state index contributed by atoms with van der Waals surface area (Å²) in [7, 11) is -0.663. The number of methoxy groups -OCH3 is 1. The van der Waals surface area contributed by atoms with Crippen molar-refractivity contribution in [2.75, 3.05) is 7.11 Å². The molecule has 0 saturated heterocycles. The van der Waals surface area contributed by atoms with E-state index < -0.39 is 21.9 Å². The van der Waals surface area contributed by atoms with Crippen molar-refractivity contribution in [2.45, 2.75) is 10.9 Å². The molecule has 0 spiro atoms. The molecule has 1 aromatic heterocycles. The number of hydrogen-bond acceptors (Lipinski definition) is 4. The lowest BCUT2D eigenvalue weighted by atomic mass is 10.1. The first-order valence-corrected chi connectivity index (χ1v) is 10.2. The minimum Gasteiger partial charge on any atom is -0.497 e. The molecule has 3 aromatic rings. The first-order valence-electron chi connectivity index (χ1n) is 7.90. The standard InChI is InChI=1S/C18H17BrFN3O3S/c1-23-9-8-21-18(23)17(12-4-3-5-14(10-12)26-2)22-27(24,25)16-7-6-13(20)11-15(16)19/h3-11,17,22H,1-2H3. The molecule has 0 aliphatic heterocycles. The van der Waals surface area contributed by atoms with Crippen molar-refractivity contribution in [1.82, 2.24) is 14.3 Å². The summed E-state index contributed by atoms with van der Waals surface area (Å²) in [5, 5.41) is 0. The number of imidazole rings is 1. The fourth-order valence-corrected chi connectivity index (χ4v) is 4.89. The number of nitrogens with zero attached hydrogens (tertiary/aromatic N) is 2. The van der Waals surface area contributed by atoms with Gasteiger partial charge >= 0.3 is 0 Å². The monoisotopic (exact) mass is 453 g/mol. The Balaban J connectivity index is 2.07. The summed E-state index contributed by atoms with van der Waals surface area (Å²) in [6, 6.07) is 9.71. The predicted octanol–water partition coefficient (Wildman–Crippen LogP) is 3.40. The molecule has 0 saturated carbocycles. The van der Waals surface area contributed by atoms with Crippen LogP contribution in [0.4, 0.5) is 4.39 Å². The number of benzene rings is 2. The molecule has 1 heterocycles. The number of halogens is 2. The molecular weight excluding hydrogens is 437 g/mol. The molecular formula is C18H17BrFN3O3S. The van der Waals surface area contributed by atoms with Crippen molar-refractivity contribution in [1.29, 1.82) is 0 Å². The van der Waals surface area contributed by atoms with Crippen LogP contribution in [0.2, 0.25) is 0 Å². The Labute approximate surface area is 165 Å². The highest BCUT2D eigenvalue weighted by Gasteiger charge is 2.27. The quantitative estimate of drug-likeness (QED) is 0.620. The van der Waals surface area contributed by atoms with Crippen LogP contribution in [0.3, 0.4) is 0 Å². The summed E-state index contributed by atoms with van der Waals surface area (Å²) in [6.45, 7) is 0. The average Bonchev–Trinajstić information content (AvgIpc) is 3.05. The van der Waals surface area contributed by atoms with Crippen molar-refractivity contribution in [3.63, 3.8) is 0 Å². The summed E-state index contributed by atoms with van der Waals surface area (Å²) in [4.78, 5) is 4.22. The summed E-state index contributed by atoms with van der Waals surface area (Å²) in [5.41, 5.74) is 0.658. The molecule has 9 heteroatoms. The lowest BCUT2D eigenvalue weighted by Gasteiger charge is -2.20. The van der Waals surface area contributed by atoms with E-state index in [2.05, 4.69) is 25.6 Å². The van der Waals surface area contributed by atoms with E-state index in [0.717, 1.165) is 12.1 Å². The molecule has 2 aromatic carbocycles. The van der Waals surface area contributed by atoms with Crippen LogP contribution in [0.25, 0.3) is 0 Å². The van der Waals surface area contributed by atoms with E-state index in [0.29, 0.717) is 17.1 Å². The maximum Gasteiger partial charge on any atom is 0.242 e. The first kappa shape index (κ1) is 19.5. The van der Waals surface area contributed by atoms with Crippen LogP contribution < -0.4 is 9.46 Å². The molecule has 0 radical (unpaired) electrons. The SMILES string of the molecule is COc1cccc(C(NS(=O)(=O)c2ccc(F)cc2Br)c2nccn2C)c1. The Morgan fingerprint density at radius 3 is 2.67 bits per heavy atom. The van der Waals surface area contributed by atoms with E-state index in [-0.39, 0.29) is 9.37 Å². The number of hydrogen-bond donors (Lipinski definition) is 1. The van der Waals surface area contributed by atoms with Crippen LogP contribution in [0, 0.1) is 5.82 Å². The van der Waals surface area contributed by atoms with Crippen LogP contribution in [-0.2, 0) is 17.1 Å². The van der Waals surface area contributed by atoms with Crippen LogP contribution in [0.5, 0.6) is 5.75 Å². The van der Waals surface area contributed by atoms with E-state index in [1.54, 1.807) is 48.3 Å². The third-order valence-corrected chi connectivity index (χ3v) is 6.40. The molecule has 3 rings (SSSR count). The molecule has 1 unspecified atom stereocenters. The molecule has 142 valence electrons. The van der Waals surface area contributed by atoms with Gasteiger partial charge in [0, 0.05) is 23.9 Å². The summed E-state index contributed by atoms with van der Waals surface area (Å²) in [6.07, 6.45) is 3.31. The van der Waals surface area contributed by atoms with Crippen molar-refractivity contribution in [2.24, 2.45) is 7.05 Å². The molecule has 1 N–H and O–H groups in total. The van der Waals surface area contributed by atoms with Crippen LogP contribution in [0.1, 0.15) is 17.4 Å². The lowest BCUT2D eigenvalue weighted by molar-refractivity contribution is 0.413. The maximum atomic E-state index is 13.4. The number of ether oxygens (including phenoxy) is 1. The Morgan fingerprint density at radius 1 is 1.26 bits per heavy atom. The highest BCUT2D eigenvalue weighted by Crippen LogP contribution is 2.28. The summed E-state index contributed by atoms with van der Waals surface area (Å²) in [5.74, 6) is 0.563. The smallest absolute Gasteiger partial charge is 0.242 e. The number of aryl methyl sites for hydroxylation is 1. The zero-order valence-corrected chi connectivity index (χ0v) is 17.0. The average molecular weight is 454 g/mol. The highest BCUT2D eigenvalue weighted by molar-refractivity contribution is 9.10. The van der Waals surface area contributed by atoms with Gasteiger partial charge in [-0.3, -0.25) is 0 Å². The van der Waals surface area contributed by atoms with E-state index in [9.17, 15) is 12.8 Å². The van der Waals surface area contributed by atoms with Gasteiger partial charge in [0.05, 0.1) is 12.0 Å². The Bertz CT molecular complexity index is 1070. The highest BCUT2D eigenvalue weighted by atomic mass is 79.9. The molecule has 0 bridgehead atoms. The first-order chi connectivity index (χ1) is 12.8. The van der Waals surface area contributed by atoms with E-state index in [1.165, 1.54) is 13.2 Å². The number of sulfonamides is 1. The second kappa shape index (κ2) is 7.79. The van der Waals surface area contributed by atoms with E-state index in [1.807, 2.05) is 0 Å². The lowest BCUT2D eigenvalue weighted by Crippen LogP contribution is -2.31. The van der Waals surface area contributed by atoms with Gasteiger partial charge in [-0.2, -0.15) is 4.72 Å². The van der Waals surface area contributed by atoms with Crippen molar-refractivity contribution in [3.05, 3.63) is 76.5 Å². The van der Waals surface area contributed by atoms with Crippen LogP contribution in [0.15, 0.2) is 64.2 Å². The predicted molar refractivity (Wildman–Crippen MR) is 102 cm³/mol. The van der Waals surface area contributed by atoms with Crippen molar-refractivity contribution >= 4 is 26.0 Å². The third-order valence-electron chi connectivity index (χ3n) is 4.00. The van der Waals surface area contributed by atoms with Gasteiger partial charge in [-0.15, -0.1) is 0 Å². The Kier molecular flexibility index (Phi) is 5.64. The second-order valence-electron chi connectivity index (χ2n) is 5.80. The zero-order valence-electron chi connectivity index (χ0n) is 14.6. The number of aromatic nitrogens is 2. The van der Waals surface area contributed by atoms with Crippen LogP contribution >= 0.6 is 15.9 Å². The third kappa shape index (κ3) is 4.20. The van der Waals surface area contributed by atoms with Gasteiger partial charge in [0.25, 0.3) is 0 Å². The summed E-state index contributed by atoms with van der Waals surface area (Å²) >= 11 is 3.12. The second-order valence-corrected chi connectivity index (χ2v) is 8.34. The fourth-order valence-electron chi connectivity index (χ4n) is 2.66. The van der Waals surface area contributed by atoms with Gasteiger partial charge in [-0.05, 0) is 51.8 Å². The number of nitrogens with one attached hydrogen (secondary N) is 1. The molecule has 6 nitrogen and oxygen atoms in total. The van der Waals surface area contributed by atoms with E-state index >= 15 is 0 Å². The Hall–Kier alpha value is -2.23. The van der Waals surface area contributed by atoms with Crippen molar-refractivity contribution < 1.29 is 17.5 Å². The molecule has 0 aliphatic rings. The van der Waals surface area contributed by atoms with Gasteiger partial charge < -0.3 is 9.30 Å². The Morgan fingerprint density at radius 2 is 2.04 bits per heavy atom. The normalized spacial score (nSPS) is 12.7. The van der Waals surface area contributed by atoms with Gasteiger partial charge in [-0.25, -0.2) is 17.8 Å². The fraction of sp³-hybridized carbons (Fsp3) is 0.167. The van der Waals surface area contributed by atoms with Gasteiger partial charge in [-0.1, -0.05) is 12.1 Å². The number of rotatable bonds is 6. The topological polar surface area (TPSA) is 73.2 Å². The summed E-state index contributed by atoms with van der Waals surface area (Å²) < 4.78 is 49.1. The van der Waals surface area contributed by atoms with Crippen molar-refractivity contribution in [3.8, 4) is 5.75 Å². The largest absolute Gasteiger partial charge is 0.497 e. The van der Waals surface area contributed by atoms with Gasteiger partial charge in [0.2, 0.25) is 10.0 Å².